The first-order valence-electron chi connectivity index (χ1n) is 6.71. The van der Waals surface area contributed by atoms with E-state index in [9.17, 15) is 4.79 Å². The summed E-state index contributed by atoms with van der Waals surface area (Å²) < 4.78 is 0. The maximum absolute atomic E-state index is 12.1. The summed E-state index contributed by atoms with van der Waals surface area (Å²) in [5, 5.41) is 6.60. The van der Waals surface area contributed by atoms with E-state index in [0.717, 1.165) is 27.8 Å². The van der Waals surface area contributed by atoms with Gasteiger partial charge in [0.2, 0.25) is 0 Å². The lowest BCUT2D eigenvalue weighted by atomic mass is 10.1. The number of carbonyl (C=O) groups excluding carboxylic acids is 1. The van der Waals surface area contributed by atoms with Gasteiger partial charge in [-0.2, -0.15) is 0 Å². The van der Waals surface area contributed by atoms with Crippen LogP contribution in [0, 0.1) is 6.92 Å². The van der Waals surface area contributed by atoms with E-state index in [4.69, 9.17) is 0 Å². The van der Waals surface area contributed by atoms with Gasteiger partial charge in [0.25, 0.3) is 0 Å². The molecule has 3 rings (SSSR count). The molecule has 2 aromatic carbocycles. The van der Waals surface area contributed by atoms with E-state index in [-0.39, 0.29) is 6.03 Å². The average molecular weight is 277 g/mol. The lowest BCUT2D eigenvalue weighted by Gasteiger charge is -2.11. The van der Waals surface area contributed by atoms with Crippen LogP contribution in [0.5, 0.6) is 0 Å². The van der Waals surface area contributed by atoms with Crippen molar-refractivity contribution in [1.82, 2.24) is 4.98 Å². The van der Waals surface area contributed by atoms with Gasteiger partial charge in [0.1, 0.15) is 0 Å². The SMILES string of the molecule is Cc1ccc(NC(=O)Nc2ccccc2)c2cccnc12. The van der Waals surface area contributed by atoms with Gasteiger partial charge in [0.05, 0.1) is 11.2 Å². The van der Waals surface area contributed by atoms with Crippen LogP contribution >= 0.6 is 0 Å². The lowest BCUT2D eigenvalue weighted by molar-refractivity contribution is 0.262. The highest BCUT2D eigenvalue weighted by Crippen LogP contribution is 2.24. The van der Waals surface area contributed by atoms with Crippen LogP contribution in [0.4, 0.5) is 16.2 Å². The Hall–Kier alpha value is -2.88. The van der Waals surface area contributed by atoms with E-state index >= 15 is 0 Å². The third kappa shape index (κ3) is 2.84. The van der Waals surface area contributed by atoms with Gasteiger partial charge >= 0.3 is 6.03 Å². The summed E-state index contributed by atoms with van der Waals surface area (Å²) in [6, 6.07) is 16.7. The van der Waals surface area contributed by atoms with Crippen LogP contribution in [0.2, 0.25) is 0 Å². The molecule has 4 nitrogen and oxygen atoms in total. The van der Waals surface area contributed by atoms with E-state index in [1.807, 2.05) is 61.5 Å². The number of pyridine rings is 1. The quantitative estimate of drug-likeness (QED) is 0.738. The molecule has 21 heavy (non-hydrogen) atoms. The Kier molecular flexibility index (Phi) is 3.51. The Balaban J connectivity index is 1.85. The zero-order chi connectivity index (χ0) is 14.7. The van der Waals surface area contributed by atoms with Crippen LogP contribution < -0.4 is 10.6 Å². The zero-order valence-electron chi connectivity index (χ0n) is 11.6. The van der Waals surface area contributed by atoms with E-state index in [2.05, 4.69) is 15.6 Å². The fourth-order valence-electron chi connectivity index (χ4n) is 2.23. The highest BCUT2D eigenvalue weighted by Gasteiger charge is 2.07. The van der Waals surface area contributed by atoms with Crippen LogP contribution in [0.1, 0.15) is 5.56 Å². The summed E-state index contributed by atoms with van der Waals surface area (Å²) in [5.74, 6) is 0. The molecule has 1 heterocycles. The number of rotatable bonds is 2. The van der Waals surface area contributed by atoms with Crippen LogP contribution in [0.15, 0.2) is 60.8 Å². The molecular formula is C17H15N3O. The largest absolute Gasteiger partial charge is 0.323 e. The predicted molar refractivity (Wildman–Crippen MR) is 85.6 cm³/mol. The summed E-state index contributed by atoms with van der Waals surface area (Å²) in [6.07, 6.45) is 1.75. The van der Waals surface area contributed by atoms with Crippen molar-refractivity contribution in [2.24, 2.45) is 0 Å². The molecule has 0 aliphatic rings. The molecular weight excluding hydrogens is 262 g/mol. The van der Waals surface area contributed by atoms with Gasteiger partial charge in [-0.1, -0.05) is 24.3 Å². The Labute approximate surface area is 122 Å². The number of hydrogen-bond acceptors (Lipinski definition) is 2. The lowest BCUT2D eigenvalue weighted by Crippen LogP contribution is -2.19. The second-order valence-electron chi connectivity index (χ2n) is 4.77. The van der Waals surface area contributed by atoms with Gasteiger partial charge < -0.3 is 10.6 Å². The predicted octanol–water partition coefficient (Wildman–Crippen LogP) is 4.19. The molecule has 0 unspecified atom stereocenters. The molecule has 0 saturated heterocycles. The third-order valence-corrected chi connectivity index (χ3v) is 3.25. The molecule has 1 aromatic heterocycles. The van der Waals surface area contributed by atoms with Crippen molar-refractivity contribution in [2.45, 2.75) is 6.92 Å². The molecule has 4 heteroatoms. The summed E-state index contributed by atoms with van der Waals surface area (Å²) in [7, 11) is 0. The van der Waals surface area contributed by atoms with E-state index in [1.54, 1.807) is 6.20 Å². The normalized spacial score (nSPS) is 10.3. The van der Waals surface area contributed by atoms with E-state index < -0.39 is 0 Å². The van der Waals surface area contributed by atoms with Crippen molar-refractivity contribution in [3.05, 3.63) is 66.4 Å². The van der Waals surface area contributed by atoms with Crippen LogP contribution in [0.3, 0.4) is 0 Å². The molecule has 0 bridgehead atoms. The number of benzene rings is 2. The number of fused-ring (bicyclic) bond motifs is 1. The van der Waals surface area contributed by atoms with Gasteiger partial charge in [-0.25, -0.2) is 4.79 Å². The minimum absolute atomic E-state index is 0.268. The highest BCUT2D eigenvalue weighted by molar-refractivity contribution is 6.05. The fourth-order valence-corrected chi connectivity index (χ4v) is 2.23. The molecule has 2 amide bonds. The van der Waals surface area contributed by atoms with Crippen LogP contribution in [-0.2, 0) is 0 Å². The smallest absolute Gasteiger partial charge is 0.308 e. The van der Waals surface area contributed by atoms with Crippen molar-refractivity contribution in [2.75, 3.05) is 10.6 Å². The average Bonchev–Trinajstić information content (AvgIpc) is 2.51. The zero-order valence-corrected chi connectivity index (χ0v) is 11.6. The number of para-hydroxylation sites is 1. The van der Waals surface area contributed by atoms with Crippen molar-refractivity contribution in [1.29, 1.82) is 0 Å². The number of aryl methyl sites for hydroxylation is 1. The van der Waals surface area contributed by atoms with Crippen molar-refractivity contribution in [3.63, 3.8) is 0 Å². The van der Waals surface area contributed by atoms with Crippen molar-refractivity contribution in [3.8, 4) is 0 Å². The molecule has 0 saturated carbocycles. The summed E-state index contributed by atoms with van der Waals surface area (Å²) in [4.78, 5) is 16.4. The van der Waals surface area contributed by atoms with Gasteiger partial charge in [0, 0.05) is 17.3 Å². The summed E-state index contributed by atoms with van der Waals surface area (Å²) in [6.45, 7) is 2.00. The number of urea groups is 1. The second-order valence-corrected chi connectivity index (χ2v) is 4.77. The maximum Gasteiger partial charge on any atom is 0.323 e. The number of amides is 2. The van der Waals surface area contributed by atoms with Crippen molar-refractivity contribution < 1.29 is 4.79 Å². The number of aromatic nitrogens is 1. The monoisotopic (exact) mass is 277 g/mol. The molecule has 3 aromatic rings. The first-order chi connectivity index (χ1) is 10.2. The van der Waals surface area contributed by atoms with Gasteiger partial charge in [-0.05, 0) is 42.8 Å². The summed E-state index contributed by atoms with van der Waals surface area (Å²) >= 11 is 0. The highest BCUT2D eigenvalue weighted by atomic mass is 16.2. The molecule has 2 N–H and O–H groups in total. The Bertz CT molecular complexity index is 784. The number of hydrogen-bond donors (Lipinski definition) is 2. The summed E-state index contributed by atoms with van der Waals surface area (Å²) in [5.41, 5.74) is 3.48. The maximum atomic E-state index is 12.1. The Morgan fingerprint density at radius 2 is 1.76 bits per heavy atom. The van der Waals surface area contributed by atoms with Crippen molar-refractivity contribution >= 4 is 28.3 Å². The first-order valence-corrected chi connectivity index (χ1v) is 6.71. The third-order valence-electron chi connectivity index (χ3n) is 3.25. The Morgan fingerprint density at radius 3 is 2.57 bits per heavy atom. The number of nitrogens with zero attached hydrogens (tertiary/aromatic N) is 1. The number of carbonyl (C=O) groups is 1. The molecule has 0 fully saturated rings. The Morgan fingerprint density at radius 1 is 0.952 bits per heavy atom. The molecule has 104 valence electrons. The van der Waals surface area contributed by atoms with E-state index in [0.29, 0.717) is 0 Å². The number of anilines is 2. The topological polar surface area (TPSA) is 54.0 Å². The van der Waals surface area contributed by atoms with E-state index in [1.165, 1.54) is 0 Å². The molecule has 0 aliphatic carbocycles. The van der Waals surface area contributed by atoms with Crippen LogP contribution in [-0.4, -0.2) is 11.0 Å². The molecule has 0 radical (unpaired) electrons. The molecule has 0 aliphatic heterocycles. The second kappa shape index (κ2) is 5.63. The molecule has 0 spiro atoms. The van der Waals surface area contributed by atoms with Gasteiger partial charge in [-0.15, -0.1) is 0 Å². The fraction of sp³-hybridized carbons (Fsp3) is 0.0588. The van der Waals surface area contributed by atoms with Gasteiger partial charge in [-0.3, -0.25) is 4.98 Å². The minimum Gasteiger partial charge on any atom is -0.308 e. The number of nitrogens with one attached hydrogen (secondary N) is 2. The standard InChI is InChI=1S/C17H15N3O/c1-12-9-10-15(14-8-5-11-18-16(12)14)20-17(21)19-13-6-3-2-4-7-13/h2-11H,1H3,(H2,19,20,21). The molecule has 0 atom stereocenters. The first kappa shape index (κ1) is 13.1. The minimum atomic E-state index is -0.268. The van der Waals surface area contributed by atoms with Gasteiger partial charge in [0.15, 0.2) is 0 Å². The van der Waals surface area contributed by atoms with Crippen LogP contribution in [0.25, 0.3) is 10.9 Å².